The van der Waals surface area contributed by atoms with Crippen molar-refractivity contribution in [3.63, 3.8) is 0 Å². The highest BCUT2D eigenvalue weighted by atomic mass is 16.4. The molecule has 0 saturated carbocycles. The highest BCUT2D eigenvalue weighted by Crippen LogP contribution is 2.29. The maximum atomic E-state index is 12.5. The Hall–Kier alpha value is -2.34. The summed E-state index contributed by atoms with van der Waals surface area (Å²) in [7, 11) is 1.82. The minimum Gasteiger partial charge on any atom is -0.549 e. The van der Waals surface area contributed by atoms with E-state index >= 15 is 0 Å². The summed E-state index contributed by atoms with van der Waals surface area (Å²) >= 11 is 0. The molecule has 1 aliphatic heterocycles. The van der Waals surface area contributed by atoms with Gasteiger partial charge in [0.25, 0.3) is 0 Å². The maximum absolute atomic E-state index is 12.5. The van der Waals surface area contributed by atoms with Gasteiger partial charge in [-0.15, -0.1) is 0 Å². The van der Waals surface area contributed by atoms with Gasteiger partial charge >= 0.3 is 0 Å². The summed E-state index contributed by atoms with van der Waals surface area (Å²) < 4.78 is 3.58. The molecule has 1 unspecified atom stereocenters. The number of hydrogen-bond donors (Lipinski definition) is 1. The van der Waals surface area contributed by atoms with Crippen LogP contribution in [0.2, 0.25) is 0 Å². The number of rotatable bonds is 3. The molecular weight excluding hydrogens is 306 g/mol. The highest BCUT2D eigenvalue weighted by molar-refractivity contribution is 6.07. The zero-order valence-corrected chi connectivity index (χ0v) is 14.5. The number of fused-ring (bicyclic) bond motifs is 1. The molecule has 3 N–H and O–H groups in total. The monoisotopic (exact) mass is 331 g/mol. The number of hydrogen-bond acceptors (Lipinski definition) is 3. The van der Waals surface area contributed by atoms with Crippen molar-refractivity contribution in [2.45, 2.75) is 45.2 Å². The topological polar surface area (TPSA) is 94.7 Å². The lowest BCUT2D eigenvalue weighted by atomic mass is 9.96. The first-order valence-electron chi connectivity index (χ1n) is 8.22. The lowest BCUT2D eigenvalue weighted by molar-refractivity contribution is -0.407. The van der Waals surface area contributed by atoms with Crippen molar-refractivity contribution in [3.8, 4) is 0 Å². The minimum atomic E-state index is -1.07. The van der Waals surface area contributed by atoms with Crippen LogP contribution in [0.5, 0.6) is 0 Å². The first-order valence-corrected chi connectivity index (χ1v) is 8.22. The van der Waals surface area contributed by atoms with Gasteiger partial charge in [0.1, 0.15) is 0 Å². The molecule has 6 nitrogen and oxygen atoms in total. The summed E-state index contributed by atoms with van der Waals surface area (Å²) in [6.45, 7) is 4.79. The van der Waals surface area contributed by atoms with Gasteiger partial charge in [-0.1, -0.05) is 0 Å². The number of nitrogens with zero attached hydrogens (tertiary/aromatic N) is 2. The van der Waals surface area contributed by atoms with Crippen LogP contribution in [0.4, 0.5) is 0 Å². The molecule has 0 bridgehead atoms. The first kappa shape index (κ1) is 18.0. The number of aliphatic carboxylic acids is 1. The summed E-state index contributed by atoms with van der Waals surface area (Å²) in [6, 6.07) is 7.61. The van der Waals surface area contributed by atoms with Gasteiger partial charge in [-0.25, -0.2) is 0 Å². The van der Waals surface area contributed by atoms with Crippen LogP contribution >= 0.6 is 0 Å². The largest absolute Gasteiger partial charge is 0.549 e. The maximum Gasteiger partial charge on any atom is 0.225 e. The van der Waals surface area contributed by atoms with E-state index in [0.29, 0.717) is 36.1 Å². The van der Waals surface area contributed by atoms with Crippen LogP contribution in [0.15, 0.2) is 30.5 Å². The number of carbonyl (C=O) groups is 2. The van der Waals surface area contributed by atoms with Crippen LogP contribution in [-0.4, -0.2) is 26.9 Å². The van der Waals surface area contributed by atoms with E-state index in [-0.39, 0.29) is 5.78 Å². The van der Waals surface area contributed by atoms with Crippen LogP contribution in [0.25, 0.3) is 0 Å². The van der Waals surface area contributed by atoms with E-state index in [9.17, 15) is 14.7 Å². The summed E-state index contributed by atoms with van der Waals surface area (Å²) in [6.07, 6.45) is 3.13. The molecule has 0 fully saturated rings. The first-order chi connectivity index (χ1) is 11.3. The minimum absolute atomic E-state index is 0.0808. The number of carboxylic acid groups (broad SMARTS) is 1. The molecule has 6 heteroatoms. The molecule has 0 aliphatic carbocycles. The summed E-state index contributed by atoms with van der Waals surface area (Å²) in [5, 5.41) is 11.2. The van der Waals surface area contributed by atoms with Gasteiger partial charge in [-0.05, 0) is 51.0 Å². The smallest absolute Gasteiger partial charge is 0.225 e. The van der Waals surface area contributed by atoms with Crippen molar-refractivity contribution >= 4 is 11.8 Å². The number of carbonyl (C=O) groups excluding carboxylic acids is 2. The molecular formula is C18H25N3O3. The molecule has 24 heavy (non-hydrogen) atoms. The van der Waals surface area contributed by atoms with E-state index in [1.807, 2.05) is 23.9 Å². The Labute approximate surface area is 141 Å². The van der Waals surface area contributed by atoms with Gasteiger partial charge in [0.05, 0.1) is 23.4 Å². The molecule has 130 valence electrons. The molecule has 0 saturated heterocycles. The lowest BCUT2D eigenvalue weighted by Crippen LogP contribution is -2.57. The van der Waals surface area contributed by atoms with Gasteiger partial charge in [-0.3, -0.25) is 4.79 Å². The molecule has 0 amide bonds. The van der Waals surface area contributed by atoms with Crippen LogP contribution in [-0.2, 0) is 18.4 Å². The summed E-state index contributed by atoms with van der Waals surface area (Å²) in [4.78, 5) is 23.7. The highest BCUT2D eigenvalue weighted by Gasteiger charge is 2.26. The van der Waals surface area contributed by atoms with Crippen LogP contribution in [0.3, 0.4) is 0 Å². The van der Waals surface area contributed by atoms with E-state index < -0.39 is 11.9 Å². The SMILES string of the molecule is CC(C)[NH3+].Cn1cccc1C(=O)c1ccc2n1CCCC2C(=O)[O-]. The molecule has 3 heterocycles. The predicted octanol–water partition coefficient (Wildman–Crippen LogP) is 0.322. The molecule has 3 rings (SSSR count). The van der Waals surface area contributed by atoms with Gasteiger partial charge in [-0.2, -0.15) is 0 Å². The Kier molecular flexibility index (Phi) is 5.62. The van der Waals surface area contributed by atoms with Crippen molar-refractivity contribution in [1.29, 1.82) is 0 Å². The fourth-order valence-electron chi connectivity index (χ4n) is 2.90. The Morgan fingerprint density at radius 2 is 1.92 bits per heavy atom. The zero-order valence-electron chi connectivity index (χ0n) is 14.5. The third kappa shape index (κ3) is 3.76. The summed E-state index contributed by atoms with van der Waals surface area (Å²) in [5.74, 6) is -1.76. The number of aromatic nitrogens is 2. The van der Waals surface area contributed by atoms with Gasteiger partial charge in [0.15, 0.2) is 0 Å². The molecule has 0 spiro atoms. The third-order valence-electron chi connectivity index (χ3n) is 3.94. The lowest BCUT2D eigenvalue weighted by Gasteiger charge is -2.26. The third-order valence-corrected chi connectivity index (χ3v) is 3.94. The normalized spacial score (nSPS) is 16.3. The Morgan fingerprint density at radius 1 is 1.25 bits per heavy atom. The van der Waals surface area contributed by atoms with Crippen molar-refractivity contribution < 1.29 is 20.4 Å². The van der Waals surface area contributed by atoms with E-state index in [1.165, 1.54) is 0 Å². The number of aryl methyl sites for hydroxylation is 1. The second-order valence-corrected chi connectivity index (χ2v) is 6.54. The number of carboxylic acids is 1. The van der Waals surface area contributed by atoms with Gasteiger partial charge in [0.2, 0.25) is 5.78 Å². The van der Waals surface area contributed by atoms with Crippen LogP contribution < -0.4 is 10.8 Å². The van der Waals surface area contributed by atoms with Crippen molar-refractivity contribution in [2.24, 2.45) is 7.05 Å². The van der Waals surface area contributed by atoms with Crippen molar-refractivity contribution in [2.75, 3.05) is 0 Å². The Balaban J connectivity index is 0.000000471. The average molecular weight is 331 g/mol. The fraction of sp³-hybridized carbons (Fsp3) is 0.444. The van der Waals surface area contributed by atoms with Crippen LogP contribution in [0, 0.1) is 0 Å². The quantitative estimate of drug-likeness (QED) is 0.821. The van der Waals surface area contributed by atoms with Crippen molar-refractivity contribution in [1.82, 2.24) is 9.13 Å². The molecule has 2 aromatic heterocycles. The Morgan fingerprint density at radius 3 is 2.46 bits per heavy atom. The summed E-state index contributed by atoms with van der Waals surface area (Å²) in [5.41, 5.74) is 5.46. The second-order valence-electron chi connectivity index (χ2n) is 6.54. The molecule has 0 radical (unpaired) electrons. The standard InChI is InChI=1S/C15H16N2O3.C3H9N/c1-16-8-3-5-12(16)14(18)13-7-6-11-10(15(19)20)4-2-9-17(11)13;1-3(2)4/h3,5-8,10H,2,4,9H2,1H3,(H,19,20);3H,4H2,1-2H3. The number of quaternary nitrogens is 1. The van der Waals surface area contributed by atoms with Gasteiger partial charge in [0, 0.05) is 31.4 Å². The van der Waals surface area contributed by atoms with E-state index in [2.05, 4.69) is 19.6 Å². The molecule has 0 aromatic carbocycles. The Bertz CT molecular complexity index is 725. The van der Waals surface area contributed by atoms with Crippen LogP contribution in [0.1, 0.15) is 54.5 Å². The van der Waals surface area contributed by atoms with Crippen molar-refractivity contribution in [3.05, 3.63) is 47.5 Å². The molecule has 2 aromatic rings. The molecule has 1 aliphatic rings. The van der Waals surface area contributed by atoms with E-state index in [0.717, 1.165) is 6.42 Å². The average Bonchev–Trinajstić information content (AvgIpc) is 3.11. The van der Waals surface area contributed by atoms with Gasteiger partial charge < -0.3 is 24.8 Å². The number of ketones is 1. The van der Waals surface area contributed by atoms with E-state index in [4.69, 9.17) is 0 Å². The molecule has 1 atom stereocenters. The predicted molar refractivity (Wildman–Crippen MR) is 88.3 cm³/mol. The van der Waals surface area contributed by atoms with E-state index in [1.54, 1.807) is 22.8 Å². The fourth-order valence-corrected chi connectivity index (χ4v) is 2.90. The second kappa shape index (κ2) is 7.49. The zero-order chi connectivity index (χ0) is 17.9.